The molecule has 1 saturated heterocycles. The van der Waals surface area contributed by atoms with Gasteiger partial charge in [0, 0.05) is 42.5 Å². The first-order chi connectivity index (χ1) is 19.0. The number of carbonyl (C=O) groups excluding carboxylic acids is 1. The van der Waals surface area contributed by atoms with Gasteiger partial charge in [-0.1, -0.05) is 6.07 Å². The van der Waals surface area contributed by atoms with Gasteiger partial charge in [0.05, 0.1) is 22.9 Å². The molecule has 1 fully saturated rings. The number of hydrogen-bond acceptors (Lipinski definition) is 9. The van der Waals surface area contributed by atoms with E-state index in [0.717, 1.165) is 12.1 Å². The molecule has 0 aliphatic carbocycles. The van der Waals surface area contributed by atoms with Gasteiger partial charge in [-0.25, -0.2) is 8.78 Å². The van der Waals surface area contributed by atoms with Crippen molar-refractivity contribution in [3.8, 4) is 23.2 Å². The Bertz CT molecular complexity index is 1710. The van der Waals surface area contributed by atoms with Crippen LogP contribution in [-0.4, -0.2) is 65.8 Å². The molecule has 0 radical (unpaired) electrons. The number of benzene rings is 2. The van der Waals surface area contributed by atoms with E-state index in [0.29, 0.717) is 17.4 Å². The summed E-state index contributed by atoms with van der Waals surface area (Å²) in [5.41, 5.74) is 2.40. The second-order valence-corrected chi connectivity index (χ2v) is 9.87. The highest BCUT2D eigenvalue weighted by molar-refractivity contribution is 7.23. The maximum Gasteiger partial charge on any atom is 0.417 e. The number of hydrogen-bond donors (Lipinski definition) is 2. The van der Waals surface area contributed by atoms with Gasteiger partial charge >= 0.3 is 12.2 Å². The van der Waals surface area contributed by atoms with Crippen LogP contribution in [0, 0.1) is 23.0 Å². The first-order valence-electron chi connectivity index (χ1n) is 11.7. The van der Waals surface area contributed by atoms with Crippen LogP contribution in [0.25, 0.3) is 32.1 Å². The van der Waals surface area contributed by atoms with Gasteiger partial charge in [-0.3, -0.25) is 4.79 Å². The zero-order valence-corrected chi connectivity index (χ0v) is 21.5. The molecular formula is C25H19F5N6O3S. The van der Waals surface area contributed by atoms with E-state index in [2.05, 4.69) is 9.97 Å². The van der Waals surface area contributed by atoms with Gasteiger partial charge in [-0.05, 0) is 17.7 Å². The van der Waals surface area contributed by atoms with Crippen molar-refractivity contribution in [2.45, 2.75) is 6.18 Å². The van der Waals surface area contributed by atoms with E-state index in [-0.39, 0.29) is 69.6 Å². The van der Waals surface area contributed by atoms with Gasteiger partial charge < -0.3 is 25.4 Å². The van der Waals surface area contributed by atoms with Gasteiger partial charge in [-0.15, -0.1) is 11.3 Å². The van der Waals surface area contributed by atoms with E-state index in [1.165, 1.54) is 12.0 Å². The number of amides is 1. The highest BCUT2D eigenvalue weighted by Gasteiger charge is 2.38. The van der Waals surface area contributed by atoms with Crippen LogP contribution in [0.3, 0.4) is 0 Å². The van der Waals surface area contributed by atoms with Crippen LogP contribution in [0.1, 0.15) is 11.1 Å². The minimum atomic E-state index is -5.08. The fourth-order valence-electron chi connectivity index (χ4n) is 4.79. The first-order valence-corrected chi connectivity index (χ1v) is 12.5. The molecule has 0 spiro atoms. The Hall–Kier alpha value is -4.29. The van der Waals surface area contributed by atoms with Crippen molar-refractivity contribution in [1.82, 2.24) is 14.9 Å². The van der Waals surface area contributed by atoms with Gasteiger partial charge in [0.25, 0.3) is 0 Å². The summed E-state index contributed by atoms with van der Waals surface area (Å²) in [5, 5.41) is 18.1. The minimum absolute atomic E-state index is 0.0457. The van der Waals surface area contributed by atoms with Crippen molar-refractivity contribution < 1.29 is 36.6 Å². The zero-order chi connectivity index (χ0) is 28.9. The molecule has 4 aromatic rings. The molecule has 2 aromatic carbocycles. The Morgan fingerprint density at radius 3 is 2.52 bits per heavy atom. The summed E-state index contributed by atoms with van der Waals surface area (Å²) in [6.45, 7) is -0.144. The Morgan fingerprint density at radius 1 is 1.23 bits per heavy atom. The first kappa shape index (κ1) is 27.3. The largest absolute Gasteiger partial charge is 0.467 e. The molecule has 3 N–H and O–H groups in total. The number of ether oxygens (including phenoxy) is 1. The lowest BCUT2D eigenvalue weighted by Crippen LogP contribution is -2.49. The second-order valence-electron chi connectivity index (χ2n) is 8.82. The molecule has 3 heterocycles. The number of fused-ring (bicyclic) bond motifs is 2. The van der Waals surface area contributed by atoms with Crippen molar-refractivity contribution in [3.05, 3.63) is 41.0 Å². The number of nitrogens with zero attached hydrogens (tertiary/aromatic N) is 5. The van der Waals surface area contributed by atoms with Crippen LogP contribution in [0.4, 0.5) is 32.8 Å². The van der Waals surface area contributed by atoms with E-state index >= 15 is 4.39 Å². The van der Waals surface area contributed by atoms with E-state index in [1.807, 2.05) is 0 Å². The van der Waals surface area contributed by atoms with E-state index in [4.69, 9.17) is 15.6 Å². The molecule has 9 nitrogen and oxygen atoms in total. The molecule has 1 aliphatic rings. The lowest BCUT2D eigenvalue weighted by Gasteiger charge is -2.35. The fraction of sp³-hybridized carbons (Fsp3) is 0.280. The van der Waals surface area contributed by atoms with E-state index < -0.39 is 47.0 Å². The summed E-state index contributed by atoms with van der Waals surface area (Å²) in [7, 11) is 1.21. The number of aromatic nitrogens is 2. The molecule has 1 aliphatic heterocycles. The van der Waals surface area contributed by atoms with Crippen molar-refractivity contribution in [1.29, 1.82) is 5.26 Å². The molecule has 5 rings (SSSR count). The third kappa shape index (κ3) is 4.38. The number of thiophene rings is 1. The number of aliphatic hydroxyl groups is 1. The molecule has 0 unspecified atom stereocenters. The van der Waals surface area contributed by atoms with Crippen LogP contribution in [-0.2, 0) is 11.0 Å². The molecule has 1 amide bonds. The quantitative estimate of drug-likeness (QED) is 0.349. The van der Waals surface area contributed by atoms with Gasteiger partial charge in [0.1, 0.15) is 34.8 Å². The third-order valence-electron chi connectivity index (χ3n) is 6.64. The SMILES string of the molecule is COc1nc(N2CCN(C(=O)CO)CC2)c2cc(C(F)(F)F)c(-c3ccc(F)c4sc(N)c(C#N)c34)c(F)c2n1. The van der Waals surface area contributed by atoms with Crippen molar-refractivity contribution in [2.75, 3.05) is 50.5 Å². The normalized spacial score (nSPS) is 14.2. The highest BCUT2D eigenvalue weighted by Crippen LogP contribution is 2.48. The summed E-state index contributed by atoms with van der Waals surface area (Å²) < 4.78 is 79.5. The van der Waals surface area contributed by atoms with Crippen LogP contribution in [0.15, 0.2) is 18.2 Å². The van der Waals surface area contributed by atoms with E-state index in [9.17, 15) is 27.6 Å². The van der Waals surface area contributed by atoms with Crippen molar-refractivity contribution >= 4 is 49.1 Å². The Labute approximate surface area is 226 Å². The molecule has 0 saturated carbocycles. The molecule has 2 aromatic heterocycles. The maximum absolute atomic E-state index is 16.3. The summed E-state index contributed by atoms with van der Waals surface area (Å²) in [6, 6.07) is 4.03. The number of rotatable bonds is 4. The molecule has 40 heavy (non-hydrogen) atoms. The van der Waals surface area contributed by atoms with Gasteiger partial charge in [-0.2, -0.15) is 28.4 Å². The van der Waals surface area contributed by atoms with Gasteiger partial charge in [0.2, 0.25) is 5.91 Å². The third-order valence-corrected chi connectivity index (χ3v) is 7.67. The van der Waals surface area contributed by atoms with E-state index in [1.54, 1.807) is 11.0 Å². The van der Waals surface area contributed by atoms with Crippen LogP contribution in [0.5, 0.6) is 6.01 Å². The fourth-order valence-corrected chi connectivity index (χ4v) is 5.74. The molecule has 15 heteroatoms. The summed E-state index contributed by atoms with van der Waals surface area (Å²) in [6.07, 6.45) is -5.08. The molecule has 0 bridgehead atoms. The topological polar surface area (TPSA) is 129 Å². The maximum atomic E-state index is 16.3. The van der Waals surface area contributed by atoms with Crippen LogP contribution >= 0.6 is 11.3 Å². The number of carbonyl (C=O) groups is 1. The highest BCUT2D eigenvalue weighted by atomic mass is 32.1. The number of nitriles is 1. The number of nitrogen functional groups attached to an aromatic ring is 1. The average molecular weight is 579 g/mol. The monoisotopic (exact) mass is 578 g/mol. The average Bonchev–Trinajstić information content (AvgIpc) is 3.29. The number of aliphatic hydroxyl groups excluding tert-OH is 1. The molecular weight excluding hydrogens is 559 g/mol. The summed E-state index contributed by atoms with van der Waals surface area (Å²) >= 11 is 0.673. The number of methoxy groups -OCH3 is 1. The van der Waals surface area contributed by atoms with Crippen LogP contribution < -0.4 is 15.4 Å². The lowest BCUT2D eigenvalue weighted by molar-refractivity contribution is -0.137. The molecule has 208 valence electrons. The molecule has 0 atom stereocenters. The lowest BCUT2D eigenvalue weighted by atomic mass is 9.92. The predicted molar refractivity (Wildman–Crippen MR) is 137 cm³/mol. The standard InChI is InChI=1S/C25H19F5N6O3S/c1-39-24-33-20-12(23(34-24)36-6-4-35(5-7-36)16(38)10-37)8-14(25(28,29)30)18(19(20)27)11-2-3-15(26)21-17(11)13(9-31)22(32)40-21/h2-3,8,37H,4-7,10,32H2,1H3. The Kier molecular flexibility index (Phi) is 6.84. The number of piperazine rings is 1. The number of anilines is 2. The van der Waals surface area contributed by atoms with Crippen molar-refractivity contribution in [3.63, 3.8) is 0 Å². The summed E-state index contributed by atoms with van der Waals surface area (Å²) in [5.74, 6) is -2.74. The number of nitrogens with two attached hydrogens (primary N) is 1. The predicted octanol–water partition coefficient (Wildman–Crippen LogP) is 3.91. The second kappa shape index (κ2) is 10.0. The summed E-state index contributed by atoms with van der Waals surface area (Å²) in [4.78, 5) is 23.0. The smallest absolute Gasteiger partial charge is 0.417 e. The number of alkyl halides is 3. The minimum Gasteiger partial charge on any atom is -0.467 e. The Balaban J connectivity index is 1.80. The number of halogens is 5. The Morgan fingerprint density at radius 2 is 1.93 bits per heavy atom. The van der Waals surface area contributed by atoms with Crippen LogP contribution in [0.2, 0.25) is 0 Å². The zero-order valence-electron chi connectivity index (χ0n) is 20.6. The van der Waals surface area contributed by atoms with Crippen molar-refractivity contribution in [2.24, 2.45) is 0 Å². The van der Waals surface area contributed by atoms with Gasteiger partial charge in [0.15, 0.2) is 5.82 Å².